The molecule has 1 aliphatic heterocycles. The van der Waals surface area contributed by atoms with Crippen LogP contribution in [0.15, 0.2) is 23.1 Å². The smallest absolute Gasteiger partial charge is 0.156 e. The summed E-state index contributed by atoms with van der Waals surface area (Å²) in [6.45, 7) is 4.83. The van der Waals surface area contributed by atoms with Gasteiger partial charge >= 0.3 is 0 Å². The van der Waals surface area contributed by atoms with Crippen LogP contribution in [0.4, 0.5) is 0 Å². The van der Waals surface area contributed by atoms with Gasteiger partial charge < -0.3 is 14.4 Å². The van der Waals surface area contributed by atoms with Crippen molar-refractivity contribution >= 4 is 0 Å². The second kappa shape index (κ2) is 4.94. The zero-order chi connectivity index (χ0) is 12.4. The number of nitrogens with one attached hydrogen (secondary N) is 1. The predicted molar refractivity (Wildman–Crippen MR) is 67.4 cm³/mol. The number of nitrogens with zero attached hydrogens (tertiary/aromatic N) is 3. The molecule has 0 saturated carbocycles. The maximum atomic E-state index is 5.27. The van der Waals surface area contributed by atoms with Crippen LogP contribution in [-0.2, 0) is 6.54 Å². The maximum absolute atomic E-state index is 5.27. The summed E-state index contributed by atoms with van der Waals surface area (Å²) in [6, 6.07) is 1.98. The summed E-state index contributed by atoms with van der Waals surface area (Å²) in [5.41, 5.74) is 2.21. The monoisotopic (exact) mass is 246 g/mol. The Morgan fingerprint density at radius 3 is 3.22 bits per heavy atom. The van der Waals surface area contributed by atoms with E-state index in [1.807, 2.05) is 25.5 Å². The Morgan fingerprint density at radius 1 is 1.56 bits per heavy atom. The molecule has 1 unspecified atom stereocenters. The fourth-order valence-corrected chi connectivity index (χ4v) is 2.57. The summed E-state index contributed by atoms with van der Waals surface area (Å²) < 4.78 is 7.43. The highest BCUT2D eigenvalue weighted by Gasteiger charge is 2.19. The first-order chi connectivity index (χ1) is 8.83. The van der Waals surface area contributed by atoms with Crippen LogP contribution in [0.2, 0.25) is 0 Å². The van der Waals surface area contributed by atoms with Crippen molar-refractivity contribution in [1.29, 1.82) is 0 Å². The molecule has 96 valence electrons. The summed E-state index contributed by atoms with van der Waals surface area (Å²) in [5, 5.41) is 7.36. The topological polar surface area (TPSA) is 55.9 Å². The molecule has 3 rings (SSSR count). The lowest BCUT2D eigenvalue weighted by molar-refractivity contribution is 0.368. The highest BCUT2D eigenvalue weighted by Crippen LogP contribution is 2.23. The first-order valence-electron chi connectivity index (χ1n) is 6.46. The highest BCUT2D eigenvalue weighted by atomic mass is 16.5. The van der Waals surface area contributed by atoms with Gasteiger partial charge in [-0.2, -0.15) is 0 Å². The fraction of sp³-hybridized carbons (Fsp3) is 0.538. The van der Waals surface area contributed by atoms with Gasteiger partial charge in [0.15, 0.2) is 5.76 Å². The van der Waals surface area contributed by atoms with E-state index in [0.29, 0.717) is 12.5 Å². The second-order valence-electron chi connectivity index (χ2n) is 4.92. The third-order valence-corrected chi connectivity index (χ3v) is 3.46. The van der Waals surface area contributed by atoms with Gasteiger partial charge in [-0.3, -0.25) is 0 Å². The molecule has 1 aliphatic rings. The number of hydrogen-bond acceptors (Lipinski definition) is 4. The molecule has 3 heterocycles. The molecule has 0 bridgehead atoms. The summed E-state index contributed by atoms with van der Waals surface area (Å²) in [4.78, 5) is 4.27. The summed E-state index contributed by atoms with van der Waals surface area (Å²) in [5.74, 6) is 1.45. The molecule has 5 nitrogen and oxygen atoms in total. The number of imidazole rings is 1. The van der Waals surface area contributed by atoms with E-state index in [4.69, 9.17) is 4.52 Å². The van der Waals surface area contributed by atoms with Crippen LogP contribution in [0.3, 0.4) is 0 Å². The lowest BCUT2D eigenvalue weighted by atomic mass is 9.96. The molecule has 1 saturated heterocycles. The van der Waals surface area contributed by atoms with Gasteiger partial charge in [-0.05, 0) is 26.3 Å². The van der Waals surface area contributed by atoms with E-state index in [1.165, 1.54) is 18.5 Å². The molecule has 1 atom stereocenters. The Balaban J connectivity index is 1.78. The van der Waals surface area contributed by atoms with E-state index < -0.39 is 0 Å². The third-order valence-electron chi connectivity index (χ3n) is 3.46. The SMILES string of the molecule is Cc1cc(Cn2cncc2C2CCCNC2)on1. The van der Waals surface area contributed by atoms with Crippen LogP contribution in [-0.4, -0.2) is 27.8 Å². The van der Waals surface area contributed by atoms with Gasteiger partial charge in [0.2, 0.25) is 0 Å². The molecule has 0 aliphatic carbocycles. The zero-order valence-corrected chi connectivity index (χ0v) is 10.6. The fourth-order valence-electron chi connectivity index (χ4n) is 2.57. The number of piperidine rings is 1. The lowest BCUT2D eigenvalue weighted by Crippen LogP contribution is -2.29. The van der Waals surface area contributed by atoms with Crippen LogP contribution >= 0.6 is 0 Å². The van der Waals surface area contributed by atoms with Gasteiger partial charge in [-0.25, -0.2) is 4.98 Å². The van der Waals surface area contributed by atoms with E-state index in [9.17, 15) is 0 Å². The van der Waals surface area contributed by atoms with Gasteiger partial charge in [-0.15, -0.1) is 0 Å². The van der Waals surface area contributed by atoms with Crippen molar-refractivity contribution in [3.8, 4) is 0 Å². The number of aryl methyl sites for hydroxylation is 1. The van der Waals surface area contributed by atoms with Gasteiger partial charge in [0.1, 0.15) is 0 Å². The summed E-state index contributed by atoms with van der Waals surface area (Å²) in [7, 11) is 0. The van der Waals surface area contributed by atoms with E-state index in [-0.39, 0.29) is 0 Å². The molecular formula is C13H18N4O. The van der Waals surface area contributed by atoms with Gasteiger partial charge in [-0.1, -0.05) is 5.16 Å². The first-order valence-corrected chi connectivity index (χ1v) is 6.46. The maximum Gasteiger partial charge on any atom is 0.156 e. The van der Waals surface area contributed by atoms with Gasteiger partial charge in [0, 0.05) is 30.4 Å². The molecule has 2 aromatic rings. The molecule has 18 heavy (non-hydrogen) atoms. The van der Waals surface area contributed by atoms with Crippen molar-refractivity contribution < 1.29 is 4.52 Å². The van der Waals surface area contributed by atoms with Crippen LogP contribution in [0.5, 0.6) is 0 Å². The minimum absolute atomic E-state index is 0.560. The van der Waals surface area contributed by atoms with Gasteiger partial charge in [0.05, 0.1) is 18.6 Å². The highest BCUT2D eigenvalue weighted by molar-refractivity contribution is 5.11. The Hall–Kier alpha value is -1.62. The van der Waals surface area contributed by atoms with Gasteiger partial charge in [0.25, 0.3) is 0 Å². The quantitative estimate of drug-likeness (QED) is 0.895. The Kier molecular flexibility index (Phi) is 3.15. The molecule has 0 amide bonds. The lowest BCUT2D eigenvalue weighted by Gasteiger charge is -2.23. The van der Waals surface area contributed by atoms with E-state index in [1.54, 1.807) is 0 Å². The molecule has 5 heteroatoms. The average molecular weight is 246 g/mol. The molecule has 2 aromatic heterocycles. The van der Waals surface area contributed by atoms with Crippen molar-refractivity contribution in [2.45, 2.75) is 32.2 Å². The Morgan fingerprint density at radius 2 is 2.50 bits per heavy atom. The number of rotatable bonds is 3. The zero-order valence-electron chi connectivity index (χ0n) is 10.6. The summed E-state index contributed by atoms with van der Waals surface area (Å²) >= 11 is 0. The average Bonchev–Trinajstić information content (AvgIpc) is 3.00. The van der Waals surface area contributed by atoms with Crippen molar-refractivity contribution in [2.24, 2.45) is 0 Å². The predicted octanol–water partition coefficient (Wildman–Crippen LogP) is 1.69. The normalized spacial score (nSPS) is 20.2. The van der Waals surface area contributed by atoms with Crippen LogP contribution in [0.1, 0.15) is 35.9 Å². The summed E-state index contributed by atoms with van der Waals surface area (Å²) in [6.07, 6.45) is 6.31. The molecule has 1 fully saturated rings. The van der Waals surface area contributed by atoms with Crippen LogP contribution < -0.4 is 5.32 Å². The van der Waals surface area contributed by atoms with Crippen molar-refractivity contribution in [2.75, 3.05) is 13.1 Å². The molecule has 0 aromatic carbocycles. The van der Waals surface area contributed by atoms with E-state index in [2.05, 4.69) is 20.0 Å². The third kappa shape index (κ3) is 2.31. The Bertz CT molecular complexity index is 511. The second-order valence-corrected chi connectivity index (χ2v) is 4.92. The molecule has 0 spiro atoms. The number of hydrogen-bond donors (Lipinski definition) is 1. The minimum Gasteiger partial charge on any atom is -0.359 e. The number of aromatic nitrogens is 3. The molecular weight excluding hydrogens is 228 g/mol. The minimum atomic E-state index is 0.560. The largest absolute Gasteiger partial charge is 0.359 e. The molecule has 0 radical (unpaired) electrons. The van der Waals surface area contributed by atoms with Crippen LogP contribution in [0, 0.1) is 6.92 Å². The van der Waals surface area contributed by atoms with Crippen molar-refractivity contribution in [3.05, 3.63) is 35.7 Å². The van der Waals surface area contributed by atoms with Crippen molar-refractivity contribution in [1.82, 2.24) is 20.0 Å². The first kappa shape index (κ1) is 11.5. The molecule has 1 N–H and O–H groups in total. The van der Waals surface area contributed by atoms with E-state index >= 15 is 0 Å². The Labute approximate surface area is 106 Å². The van der Waals surface area contributed by atoms with Crippen LogP contribution in [0.25, 0.3) is 0 Å². The van der Waals surface area contributed by atoms with Crippen molar-refractivity contribution in [3.63, 3.8) is 0 Å². The standard InChI is InChI=1S/C13H18N4O/c1-10-5-12(18-16-10)8-17-9-15-7-13(17)11-3-2-4-14-6-11/h5,7,9,11,14H,2-4,6,8H2,1H3. The van der Waals surface area contributed by atoms with E-state index in [0.717, 1.165) is 24.5 Å².